The molecule has 36 heavy (non-hydrogen) atoms. The minimum Gasteiger partial charge on any atom is -0.462 e. The first-order chi connectivity index (χ1) is 17.5. The molecule has 1 atom stereocenters. The molecule has 1 saturated heterocycles. The maximum atomic E-state index is 12.7. The SMILES string of the molecule is CCCCOC(=O)c1ccc(NC(=O)COC(=O)[C@@H]2CC(=O)N(c3cccc4ccccc34)C2)cc1. The Morgan fingerprint density at radius 2 is 1.72 bits per heavy atom. The summed E-state index contributed by atoms with van der Waals surface area (Å²) in [6, 6.07) is 19.7. The third-order valence-electron chi connectivity index (χ3n) is 6.00. The summed E-state index contributed by atoms with van der Waals surface area (Å²) in [6.45, 7) is 2.10. The zero-order valence-corrected chi connectivity index (χ0v) is 20.1. The van der Waals surface area contributed by atoms with Gasteiger partial charge in [0.15, 0.2) is 6.61 Å². The van der Waals surface area contributed by atoms with Crippen LogP contribution in [0.25, 0.3) is 10.8 Å². The van der Waals surface area contributed by atoms with E-state index in [1.807, 2.05) is 49.4 Å². The van der Waals surface area contributed by atoms with Gasteiger partial charge in [-0.3, -0.25) is 14.4 Å². The summed E-state index contributed by atoms with van der Waals surface area (Å²) < 4.78 is 10.3. The summed E-state index contributed by atoms with van der Waals surface area (Å²) >= 11 is 0. The Bertz CT molecular complexity index is 1270. The molecule has 0 unspecified atom stereocenters. The van der Waals surface area contributed by atoms with Gasteiger partial charge >= 0.3 is 11.9 Å². The maximum absolute atomic E-state index is 12.7. The minimum absolute atomic E-state index is 0.0273. The molecule has 2 amide bonds. The standard InChI is InChI=1S/C28H28N2O6/c1-2-3-15-35-27(33)20-11-13-22(14-12-20)29-25(31)18-36-28(34)21-16-26(32)30(17-21)24-10-6-8-19-7-4-5-9-23(19)24/h4-14,21H,2-3,15-18H2,1H3,(H,29,31)/t21-/m1/s1. The Kier molecular flexibility index (Phi) is 7.95. The molecule has 1 heterocycles. The van der Waals surface area contributed by atoms with Gasteiger partial charge in [0, 0.05) is 24.0 Å². The molecule has 8 heteroatoms. The van der Waals surface area contributed by atoms with Crippen molar-refractivity contribution in [2.24, 2.45) is 5.92 Å². The van der Waals surface area contributed by atoms with E-state index in [-0.39, 0.29) is 18.9 Å². The van der Waals surface area contributed by atoms with Crippen LogP contribution < -0.4 is 10.2 Å². The molecule has 1 N–H and O–H groups in total. The number of nitrogens with zero attached hydrogens (tertiary/aromatic N) is 1. The van der Waals surface area contributed by atoms with Crippen molar-refractivity contribution in [2.45, 2.75) is 26.2 Å². The van der Waals surface area contributed by atoms with Gasteiger partial charge in [-0.25, -0.2) is 4.79 Å². The topological polar surface area (TPSA) is 102 Å². The van der Waals surface area contributed by atoms with Gasteiger partial charge in [-0.15, -0.1) is 0 Å². The zero-order valence-electron chi connectivity index (χ0n) is 20.1. The van der Waals surface area contributed by atoms with E-state index in [1.54, 1.807) is 29.2 Å². The molecule has 0 bridgehead atoms. The fourth-order valence-electron chi connectivity index (χ4n) is 4.08. The zero-order chi connectivity index (χ0) is 25.5. The minimum atomic E-state index is -0.651. The first-order valence-electron chi connectivity index (χ1n) is 12.0. The highest BCUT2D eigenvalue weighted by molar-refractivity contribution is 6.06. The number of esters is 2. The lowest BCUT2D eigenvalue weighted by Gasteiger charge is -2.18. The van der Waals surface area contributed by atoms with Crippen molar-refractivity contribution in [3.05, 3.63) is 72.3 Å². The van der Waals surface area contributed by atoms with Gasteiger partial charge in [0.25, 0.3) is 5.91 Å². The normalized spacial score (nSPS) is 15.1. The van der Waals surface area contributed by atoms with Gasteiger partial charge in [-0.05, 0) is 42.1 Å². The van der Waals surface area contributed by atoms with Crippen molar-refractivity contribution >= 4 is 45.9 Å². The van der Waals surface area contributed by atoms with E-state index in [9.17, 15) is 19.2 Å². The first-order valence-corrected chi connectivity index (χ1v) is 12.0. The molecule has 0 aromatic heterocycles. The Morgan fingerprint density at radius 1 is 0.972 bits per heavy atom. The van der Waals surface area contributed by atoms with E-state index >= 15 is 0 Å². The van der Waals surface area contributed by atoms with Crippen LogP contribution in [-0.2, 0) is 23.9 Å². The number of nitrogens with one attached hydrogen (secondary N) is 1. The summed E-state index contributed by atoms with van der Waals surface area (Å²) in [5.41, 5.74) is 1.60. The second-order valence-electron chi connectivity index (χ2n) is 8.63. The van der Waals surface area contributed by atoms with Crippen LogP contribution in [0.1, 0.15) is 36.5 Å². The average Bonchev–Trinajstić information content (AvgIpc) is 3.28. The molecule has 0 saturated carbocycles. The van der Waals surface area contributed by atoms with Crippen LogP contribution in [0.2, 0.25) is 0 Å². The van der Waals surface area contributed by atoms with Crippen LogP contribution >= 0.6 is 0 Å². The summed E-state index contributed by atoms with van der Waals surface area (Å²) in [5.74, 6) is -2.34. The lowest BCUT2D eigenvalue weighted by atomic mass is 10.1. The number of ether oxygens (including phenoxy) is 2. The lowest BCUT2D eigenvalue weighted by Crippen LogP contribution is -2.28. The summed E-state index contributed by atoms with van der Waals surface area (Å²) in [7, 11) is 0. The molecule has 0 radical (unpaired) electrons. The number of fused-ring (bicyclic) bond motifs is 1. The number of benzene rings is 3. The highest BCUT2D eigenvalue weighted by Gasteiger charge is 2.36. The van der Waals surface area contributed by atoms with E-state index in [2.05, 4.69) is 5.32 Å². The quantitative estimate of drug-likeness (QED) is 0.355. The van der Waals surface area contributed by atoms with Crippen molar-refractivity contribution < 1.29 is 28.7 Å². The highest BCUT2D eigenvalue weighted by Crippen LogP contribution is 2.32. The molecule has 8 nitrogen and oxygen atoms in total. The van der Waals surface area contributed by atoms with Crippen LogP contribution in [0.15, 0.2) is 66.7 Å². The van der Waals surface area contributed by atoms with Crippen molar-refractivity contribution in [3.63, 3.8) is 0 Å². The smallest absolute Gasteiger partial charge is 0.338 e. The molecular formula is C28H28N2O6. The number of anilines is 2. The van der Waals surface area contributed by atoms with Gasteiger partial charge in [-0.1, -0.05) is 49.7 Å². The van der Waals surface area contributed by atoms with Gasteiger partial charge in [0.1, 0.15) is 0 Å². The largest absolute Gasteiger partial charge is 0.462 e. The van der Waals surface area contributed by atoms with Crippen molar-refractivity contribution in [1.82, 2.24) is 0 Å². The molecule has 1 fully saturated rings. The third kappa shape index (κ3) is 5.89. The van der Waals surface area contributed by atoms with Crippen LogP contribution in [0.5, 0.6) is 0 Å². The number of amides is 2. The van der Waals surface area contributed by atoms with E-state index < -0.39 is 30.4 Å². The summed E-state index contributed by atoms with van der Waals surface area (Å²) in [5, 5.41) is 4.56. The summed E-state index contributed by atoms with van der Waals surface area (Å²) in [4.78, 5) is 51.1. The molecule has 0 aliphatic carbocycles. The number of rotatable bonds is 9. The molecule has 4 rings (SSSR count). The van der Waals surface area contributed by atoms with Crippen molar-refractivity contribution in [3.8, 4) is 0 Å². The molecule has 186 valence electrons. The first kappa shape index (κ1) is 24.9. The van der Waals surface area contributed by atoms with Crippen LogP contribution in [-0.4, -0.2) is 43.5 Å². The average molecular weight is 489 g/mol. The molecule has 0 spiro atoms. The van der Waals surface area contributed by atoms with E-state index in [0.29, 0.717) is 17.9 Å². The second kappa shape index (κ2) is 11.5. The highest BCUT2D eigenvalue weighted by atomic mass is 16.5. The van der Waals surface area contributed by atoms with Crippen LogP contribution in [0.3, 0.4) is 0 Å². The fourth-order valence-corrected chi connectivity index (χ4v) is 4.08. The monoisotopic (exact) mass is 488 g/mol. The predicted octanol–water partition coefficient (Wildman–Crippen LogP) is 4.33. The van der Waals surface area contributed by atoms with E-state index in [1.165, 1.54) is 0 Å². The van der Waals surface area contributed by atoms with Crippen molar-refractivity contribution in [2.75, 3.05) is 30.0 Å². The van der Waals surface area contributed by atoms with Crippen LogP contribution in [0.4, 0.5) is 11.4 Å². The molecule has 1 aliphatic rings. The summed E-state index contributed by atoms with van der Waals surface area (Å²) in [6.07, 6.45) is 1.76. The van der Waals surface area contributed by atoms with Gasteiger partial charge in [0.05, 0.1) is 23.8 Å². The molecule has 3 aromatic carbocycles. The lowest BCUT2D eigenvalue weighted by molar-refractivity contribution is -0.151. The Hall–Kier alpha value is -4.20. The third-order valence-corrected chi connectivity index (χ3v) is 6.00. The van der Waals surface area contributed by atoms with Crippen molar-refractivity contribution in [1.29, 1.82) is 0 Å². The number of carbonyl (C=O) groups is 4. The van der Waals surface area contributed by atoms with Crippen LogP contribution in [0, 0.1) is 5.92 Å². The van der Waals surface area contributed by atoms with E-state index in [0.717, 1.165) is 29.3 Å². The number of hydrogen-bond donors (Lipinski definition) is 1. The van der Waals surface area contributed by atoms with Gasteiger partial charge in [-0.2, -0.15) is 0 Å². The van der Waals surface area contributed by atoms with E-state index in [4.69, 9.17) is 9.47 Å². The number of hydrogen-bond acceptors (Lipinski definition) is 6. The molecular weight excluding hydrogens is 460 g/mol. The van der Waals surface area contributed by atoms with Gasteiger partial charge < -0.3 is 19.7 Å². The fraction of sp³-hybridized carbons (Fsp3) is 0.286. The maximum Gasteiger partial charge on any atom is 0.338 e. The Balaban J connectivity index is 1.28. The second-order valence-corrected chi connectivity index (χ2v) is 8.63. The number of carbonyl (C=O) groups excluding carboxylic acids is 4. The molecule has 3 aromatic rings. The molecule has 1 aliphatic heterocycles. The number of unbranched alkanes of at least 4 members (excludes halogenated alkanes) is 1. The predicted molar refractivity (Wildman–Crippen MR) is 136 cm³/mol. The Labute approximate surface area is 209 Å². The van der Waals surface area contributed by atoms with Gasteiger partial charge in [0.2, 0.25) is 5.91 Å². The Morgan fingerprint density at radius 3 is 2.50 bits per heavy atom.